The van der Waals surface area contributed by atoms with E-state index in [1.54, 1.807) is 0 Å². The highest BCUT2D eigenvalue weighted by Gasteiger charge is 2.18. The Kier molecular flexibility index (Phi) is 3.06. The van der Waals surface area contributed by atoms with E-state index in [1.807, 2.05) is 11.8 Å². The second-order valence-electron chi connectivity index (χ2n) is 2.58. The van der Waals surface area contributed by atoms with Crippen molar-refractivity contribution in [1.82, 2.24) is 0 Å². The molecule has 58 valence electrons. The smallest absolute Gasteiger partial charge is 0.306 e. The Hall–Kier alpha value is -0.180. The van der Waals surface area contributed by atoms with Gasteiger partial charge in [0.1, 0.15) is 0 Å². The summed E-state index contributed by atoms with van der Waals surface area (Å²) in [7, 11) is 0. The topological polar surface area (TPSA) is 37.3 Å². The number of carbonyl (C=O) groups is 1. The maximum Gasteiger partial charge on any atom is 0.306 e. The van der Waals surface area contributed by atoms with Crippen molar-refractivity contribution in [2.75, 3.05) is 11.5 Å². The molecule has 0 radical (unpaired) electrons. The van der Waals surface area contributed by atoms with Gasteiger partial charge < -0.3 is 5.11 Å². The molecule has 0 saturated carbocycles. The van der Waals surface area contributed by atoms with Crippen molar-refractivity contribution in [3.63, 3.8) is 0 Å². The number of thioether (sulfide) groups is 1. The van der Waals surface area contributed by atoms with Crippen LogP contribution in [-0.4, -0.2) is 22.6 Å². The molecule has 1 unspecified atom stereocenters. The van der Waals surface area contributed by atoms with Gasteiger partial charge in [-0.1, -0.05) is 0 Å². The quantitative estimate of drug-likeness (QED) is 0.633. The molecule has 0 amide bonds. The van der Waals surface area contributed by atoms with Crippen LogP contribution in [0, 0.1) is 5.92 Å². The van der Waals surface area contributed by atoms with Gasteiger partial charge in [-0.3, -0.25) is 4.79 Å². The van der Waals surface area contributed by atoms with E-state index < -0.39 is 5.97 Å². The standard InChI is InChI=1S/C7H12O2S/c8-7(9)6-2-1-4-10-5-3-6/h6H,1-5H2,(H,8,9). The van der Waals surface area contributed by atoms with Gasteiger partial charge in [-0.15, -0.1) is 0 Å². The summed E-state index contributed by atoms with van der Waals surface area (Å²) in [6.45, 7) is 0. The van der Waals surface area contributed by atoms with Crippen molar-refractivity contribution in [1.29, 1.82) is 0 Å². The summed E-state index contributed by atoms with van der Waals surface area (Å²) in [5.74, 6) is 1.50. The van der Waals surface area contributed by atoms with Crippen LogP contribution in [0.15, 0.2) is 0 Å². The van der Waals surface area contributed by atoms with E-state index in [9.17, 15) is 4.79 Å². The largest absolute Gasteiger partial charge is 0.481 e. The highest BCUT2D eigenvalue weighted by Crippen LogP contribution is 2.21. The SMILES string of the molecule is O=C(O)C1CCCSCC1. The van der Waals surface area contributed by atoms with E-state index in [0.717, 1.165) is 30.8 Å². The highest BCUT2D eigenvalue weighted by molar-refractivity contribution is 7.99. The first-order chi connectivity index (χ1) is 4.80. The van der Waals surface area contributed by atoms with Crippen LogP contribution in [0.5, 0.6) is 0 Å². The van der Waals surface area contributed by atoms with Gasteiger partial charge in [-0.25, -0.2) is 0 Å². The van der Waals surface area contributed by atoms with E-state index >= 15 is 0 Å². The van der Waals surface area contributed by atoms with Gasteiger partial charge >= 0.3 is 5.97 Å². The van der Waals surface area contributed by atoms with Crippen molar-refractivity contribution >= 4 is 17.7 Å². The van der Waals surface area contributed by atoms with Gasteiger partial charge in [0.2, 0.25) is 0 Å². The monoisotopic (exact) mass is 160 g/mol. The lowest BCUT2D eigenvalue weighted by atomic mass is 10.0. The molecule has 10 heavy (non-hydrogen) atoms. The third-order valence-electron chi connectivity index (χ3n) is 1.80. The Morgan fingerprint density at radius 3 is 2.90 bits per heavy atom. The lowest BCUT2D eigenvalue weighted by molar-refractivity contribution is -0.142. The van der Waals surface area contributed by atoms with Gasteiger partial charge in [0.05, 0.1) is 5.92 Å². The molecule has 3 heteroatoms. The van der Waals surface area contributed by atoms with Crippen LogP contribution < -0.4 is 0 Å². The predicted octanol–water partition coefficient (Wildman–Crippen LogP) is 1.60. The van der Waals surface area contributed by atoms with E-state index in [0.29, 0.717) is 0 Å². The van der Waals surface area contributed by atoms with Crippen molar-refractivity contribution in [3.8, 4) is 0 Å². The number of hydrogen-bond acceptors (Lipinski definition) is 2. The summed E-state index contributed by atoms with van der Waals surface area (Å²) in [5.41, 5.74) is 0. The van der Waals surface area contributed by atoms with Crippen LogP contribution in [0.1, 0.15) is 19.3 Å². The van der Waals surface area contributed by atoms with Crippen LogP contribution in [0.25, 0.3) is 0 Å². The molecule has 0 bridgehead atoms. The first-order valence-electron chi connectivity index (χ1n) is 3.61. The van der Waals surface area contributed by atoms with Crippen molar-refractivity contribution in [2.45, 2.75) is 19.3 Å². The highest BCUT2D eigenvalue weighted by atomic mass is 32.2. The van der Waals surface area contributed by atoms with Crippen LogP contribution in [0.3, 0.4) is 0 Å². The molecular weight excluding hydrogens is 148 g/mol. The fraction of sp³-hybridized carbons (Fsp3) is 0.857. The Balaban J connectivity index is 2.35. The Bertz CT molecular complexity index is 117. The molecule has 0 spiro atoms. The van der Waals surface area contributed by atoms with Gasteiger partial charge in [-0.05, 0) is 30.8 Å². The molecular formula is C7H12O2S. The second kappa shape index (κ2) is 3.86. The molecule has 0 aromatic carbocycles. The minimum atomic E-state index is -0.609. The summed E-state index contributed by atoms with van der Waals surface area (Å²) < 4.78 is 0. The molecule has 0 aromatic rings. The van der Waals surface area contributed by atoms with Crippen LogP contribution >= 0.6 is 11.8 Å². The summed E-state index contributed by atoms with van der Waals surface area (Å²) in [6, 6.07) is 0. The molecule has 2 nitrogen and oxygen atoms in total. The number of carboxylic acids is 1. The maximum absolute atomic E-state index is 10.5. The normalized spacial score (nSPS) is 27.4. The zero-order valence-corrected chi connectivity index (χ0v) is 6.69. The zero-order valence-electron chi connectivity index (χ0n) is 5.88. The predicted molar refractivity (Wildman–Crippen MR) is 42.3 cm³/mol. The minimum absolute atomic E-state index is 0.0602. The fourth-order valence-electron chi connectivity index (χ4n) is 1.15. The van der Waals surface area contributed by atoms with Crippen LogP contribution in [-0.2, 0) is 4.79 Å². The Morgan fingerprint density at radius 1 is 1.40 bits per heavy atom. The number of rotatable bonds is 1. The summed E-state index contributed by atoms with van der Waals surface area (Å²) in [5, 5.41) is 8.65. The summed E-state index contributed by atoms with van der Waals surface area (Å²) in [4.78, 5) is 10.5. The van der Waals surface area contributed by atoms with E-state index in [4.69, 9.17) is 5.11 Å². The molecule has 1 saturated heterocycles. The third kappa shape index (κ3) is 2.21. The first-order valence-corrected chi connectivity index (χ1v) is 4.76. The van der Waals surface area contributed by atoms with Gasteiger partial charge in [0, 0.05) is 0 Å². The molecule has 1 heterocycles. The molecule has 1 aliphatic heterocycles. The van der Waals surface area contributed by atoms with Crippen molar-refractivity contribution < 1.29 is 9.90 Å². The van der Waals surface area contributed by atoms with E-state index in [2.05, 4.69) is 0 Å². The molecule has 1 N–H and O–H groups in total. The zero-order chi connectivity index (χ0) is 7.40. The van der Waals surface area contributed by atoms with Crippen LogP contribution in [0.4, 0.5) is 0 Å². The minimum Gasteiger partial charge on any atom is -0.481 e. The molecule has 1 atom stereocenters. The molecule has 1 fully saturated rings. The molecule has 1 rings (SSSR count). The average molecular weight is 160 g/mol. The average Bonchev–Trinajstić information content (AvgIpc) is 2.12. The Morgan fingerprint density at radius 2 is 2.20 bits per heavy atom. The van der Waals surface area contributed by atoms with Gasteiger partial charge in [0.15, 0.2) is 0 Å². The van der Waals surface area contributed by atoms with Crippen LogP contribution in [0.2, 0.25) is 0 Å². The van der Waals surface area contributed by atoms with Crippen molar-refractivity contribution in [3.05, 3.63) is 0 Å². The maximum atomic E-state index is 10.5. The van der Waals surface area contributed by atoms with E-state index in [1.165, 1.54) is 0 Å². The van der Waals surface area contributed by atoms with Gasteiger partial charge in [0.25, 0.3) is 0 Å². The Labute approximate surface area is 65.0 Å². The fourth-order valence-corrected chi connectivity index (χ4v) is 2.18. The number of hydrogen-bond donors (Lipinski definition) is 1. The van der Waals surface area contributed by atoms with E-state index in [-0.39, 0.29) is 5.92 Å². The summed E-state index contributed by atoms with van der Waals surface area (Å²) >= 11 is 1.87. The van der Waals surface area contributed by atoms with Crippen molar-refractivity contribution in [2.24, 2.45) is 5.92 Å². The molecule has 1 aliphatic rings. The molecule has 0 aromatic heterocycles. The lowest BCUT2D eigenvalue weighted by Gasteiger charge is -2.05. The number of carboxylic acid groups (broad SMARTS) is 1. The first kappa shape index (κ1) is 7.92. The third-order valence-corrected chi connectivity index (χ3v) is 2.90. The molecule has 0 aliphatic carbocycles. The number of aliphatic carboxylic acids is 1. The summed E-state index contributed by atoms with van der Waals surface area (Å²) in [6.07, 6.45) is 2.81. The lowest BCUT2D eigenvalue weighted by Crippen LogP contribution is -2.12. The second-order valence-corrected chi connectivity index (χ2v) is 3.80. The van der Waals surface area contributed by atoms with Gasteiger partial charge in [-0.2, -0.15) is 11.8 Å².